The fraction of sp³-hybridized carbons (Fsp3) is 0.667. The minimum absolute atomic E-state index is 0. The zero-order valence-corrected chi connectivity index (χ0v) is 10.8. The Morgan fingerprint density at radius 2 is 2.25 bits per heavy atom. The molecule has 3 rings (SSSR count). The van der Waals surface area contributed by atoms with E-state index in [-0.39, 0.29) is 24.8 Å². The molecular formula is C12H18Cl2N2. The average Bonchev–Trinajstić information content (AvgIpc) is 2.93. The van der Waals surface area contributed by atoms with E-state index in [4.69, 9.17) is 6.42 Å². The summed E-state index contributed by atoms with van der Waals surface area (Å²) in [6.45, 7) is 2.41. The second-order valence-corrected chi connectivity index (χ2v) is 4.63. The molecule has 2 nitrogen and oxygen atoms in total. The lowest BCUT2D eigenvalue weighted by molar-refractivity contribution is 0.186. The van der Waals surface area contributed by atoms with Crippen LogP contribution in [0.1, 0.15) is 19.3 Å². The van der Waals surface area contributed by atoms with Gasteiger partial charge in [-0.2, -0.15) is 0 Å². The molecule has 0 aromatic rings. The molecule has 90 valence electrons. The van der Waals surface area contributed by atoms with Crippen LogP contribution in [0.4, 0.5) is 0 Å². The van der Waals surface area contributed by atoms with Crippen LogP contribution < -0.4 is 5.32 Å². The van der Waals surface area contributed by atoms with E-state index in [1.807, 2.05) is 0 Å². The van der Waals surface area contributed by atoms with Gasteiger partial charge in [0, 0.05) is 31.2 Å². The molecule has 2 fully saturated rings. The number of nitrogens with zero attached hydrogens (tertiary/aromatic N) is 1. The third-order valence-electron chi connectivity index (χ3n) is 3.81. The van der Waals surface area contributed by atoms with E-state index in [1.165, 1.54) is 31.5 Å². The van der Waals surface area contributed by atoms with Gasteiger partial charge in [-0.05, 0) is 24.8 Å². The van der Waals surface area contributed by atoms with E-state index in [2.05, 4.69) is 22.2 Å². The van der Waals surface area contributed by atoms with Gasteiger partial charge in [0.25, 0.3) is 0 Å². The summed E-state index contributed by atoms with van der Waals surface area (Å²) >= 11 is 0. The van der Waals surface area contributed by atoms with Crippen LogP contribution in [0.25, 0.3) is 0 Å². The molecule has 0 aromatic carbocycles. The van der Waals surface area contributed by atoms with Gasteiger partial charge in [0.2, 0.25) is 0 Å². The smallest absolute Gasteiger partial charge is 0.0297 e. The number of halogens is 2. The lowest BCUT2D eigenvalue weighted by atomic mass is 10.2. The van der Waals surface area contributed by atoms with Crippen LogP contribution in [0.2, 0.25) is 0 Å². The zero-order chi connectivity index (χ0) is 9.54. The van der Waals surface area contributed by atoms with E-state index in [9.17, 15) is 0 Å². The molecule has 16 heavy (non-hydrogen) atoms. The molecular weight excluding hydrogens is 243 g/mol. The summed E-state index contributed by atoms with van der Waals surface area (Å²) in [5.74, 6) is 2.78. The normalized spacial score (nSPS) is 36.2. The van der Waals surface area contributed by atoms with Gasteiger partial charge in [-0.3, -0.25) is 4.90 Å². The minimum atomic E-state index is 0. The monoisotopic (exact) mass is 260 g/mol. The van der Waals surface area contributed by atoms with Crippen molar-refractivity contribution in [2.24, 2.45) is 0 Å². The molecule has 3 atom stereocenters. The maximum atomic E-state index is 5.42. The van der Waals surface area contributed by atoms with E-state index in [1.54, 1.807) is 0 Å². The third-order valence-corrected chi connectivity index (χ3v) is 3.81. The topological polar surface area (TPSA) is 15.3 Å². The van der Waals surface area contributed by atoms with Gasteiger partial charge in [0.05, 0.1) is 0 Å². The van der Waals surface area contributed by atoms with Crippen molar-refractivity contribution in [3.05, 3.63) is 11.6 Å². The number of terminal acetylenes is 1. The number of likely N-dealkylation sites (tertiary alicyclic amines) is 1. The first-order valence-corrected chi connectivity index (χ1v) is 5.53. The van der Waals surface area contributed by atoms with Crippen molar-refractivity contribution >= 4 is 24.8 Å². The van der Waals surface area contributed by atoms with E-state index in [0.29, 0.717) is 6.04 Å². The Morgan fingerprint density at radius 3 is 2.75 bits per heavy atom. The minimum Gasteiger partial charge on any atom is -0.311 e. The van der Waals surface area contributed by atoms with Crippen molar-refractivity contribution in [3.8, 4) is 12.3 Å². The molecule has 1 aliphatic carbocycles. The van der Waals surface area contributed by atoms with E-state index >= 15 is 0 Å². The Labute approximate surface area is 110 Å². The molecule has 0 unspecified atom stereocenters. The highest BCUT2D eigenvalue weighted by Crippen LogP contribution is 2.31. The summed E-state index contributed by atoms with van der Waals surface area (Å²) in [6.07, 6.45) is 11.4. The number of hydrogen-bond donors (Lipinski definition) is 1. The predicted octanol–water partition coefficient (Wildman–Crippen LogP) is 1.60. The van der Waals surface area contributed by atoms with Crippen molar-refractivity contribution in [3.63, 3.8) is 0 Å². The molecule has 3 aliphatic rings. The lowest BCUT2D eigenvalue weighted by Gasteiger charge is -2.31. The summed E-state index contributed by atoms with van der Waals surface area (Å²) in [5, 5.41) is 3.53. The number of piperazine rings is 1. The molecule has 2 bridgehead atoms. The van der Waals surface area contributed by atoms with Crippen LogP contribution in [0.3, 0.4) is 0 Å². The van der Waals surface area contributed by atoms with Gasteiger partial charge in [-0.15, -0.1) is 31.2 Å². The summed E-state index contributed by atoms with van der Waals surface area (Å²) in [7, 11) is 0. The van der Waals surface area contributed by atoms with Crippen molar-refractivity contribution in [2.75, 3.05) is 13.1 Å². The standard InChI is InChI=1S/C12H16N2.2ClH/c1-2-9-3-4-11(5-9)14-8-10-6-12(14)7-13-10;;/h1,5,10-13H,3-4,6-8H2;2*1H/t10-,11-,12-;;/m0../s1. The van der Waals surface area contributed by atoms with Crippen molar-refractivity contribution in [2.45, 2.75) is 37.4 Å². The molecule has 2 saturated heterocycles. The Balaban J connectivity index is 0.000000640. The van der Waals surface area contributed by atoms with Crippen molar-refractivity contribution in [1.29, 1.82) is 0 Å². The largest absolute Gasteiger partial charge is 0.311 e. The van der Waals surface area contributed by atoms with Crippen LogP contribution in [-0.2, 0) is 0 Å². The summed E-state index contributed by atoms with van der Waals surface area (Å²) in [5.41, 5.74) is 1.21. The second-order valence-electron chi connectivity index (χ2n) is 4.63. The molecule has 0 saturated carbocycles. The first kappa shape index (κ1) is 13.9. The van der Waals surface area contributed by atoms with Gasteiger partial charge in [0.1, 0.15) is 0 Å². The number of rotatable bonds is 1. The van der Waals surface area contributed by atoms with Gasteiger partial charge in [0.15, 0.2) is 0 Å². The van der Waals surface area contributed by atoms with Crippen LogP contribution in [0.5, 0.6) is 0 Å². The third kappa shape index (κ3) is 2.24. The maximum absolute atomic E-state index is 5.42. The molecule has 0 spiro atoms. The second kappa shape index (κ2) is 5.42. The first-order chi connectivity index (χ1) is 6.86. The maximum Gasteiger partial charge on any atom is 0.0297 e. The molecule has 0 amide bonds. The molecule has 1 N–H and O–H groups in total. The summed E-state index contributed by atoms with van der Waals surface area (Å²) in [6, 6.07) is 2.17. The molecule has 4 heteroatoms. The highest BCUT2D eigenvalue weighted by Gasteiger charge is 2.40. The quantitative estimate of drug-likeness (QED) is 0.721. The van der Waals surface area contributed by atoms with Crippen LogP contribution >= 0.6 is 24.8 Å². The molecule has 0 radical (unpaired) electrons. The van der Waals surface area contributed by atoms with Gasteiger partial charge < -0.3 is 5.32 Å². The predicted molar refractivity (Wildman–Crippen MR) is 71.3 cm³/mol. The lowest BCUT2D eigenvalue weighted by Crippen LogP contribution is -2.47. The Kier molecular flexibility index (Phi) is 4.70. The Hall–Kier alpha value is -0.200. The van der Waals surface area contributed by atoms with Gasteiger partial charge in [-0.1, -0.05) is 12.0 Å². The molecule has 2 heterocycles. The van der Waals surface area contributed by atoms with Gasteiger partial charge >= 0.3 is 0 Å². The van der Waals surface area contributed by atoms with E-state index < -0.39 is 0 Å². The van der Waals surface area contributed by atoms with E-state index in [0.717, 1.165) is 18.5 Å². The highest BCUT2D eigenvalue weighted by atomic mass is 35.5. The summed E-state index contributed by atoms with van der Waals surface area (Å²) < 4.78 is 0. The Morgan fingerprint density at radius 1 is 1.44 bits per heavy atom. The zero-order valence-electron chi connectivity index (χ0n) is 9.19. The number of nitrogens with one attached hydrogen (secondary N) is 1. The number of allylic oxidation sites excluding steroid dienone is 1. The molecule has 0 aromatic heterocycles. The van der Waals surface area contributed by atoms with Crippen LogP contribution in [0.15, 0.2) is 11.6 Å². The van der Waals surface area contributed by atoms with Crippen molar-refractivity contribution in [1.82, 2.24) is 10.2 Å². The number of fused-ring (bicyclic) bond motifs is 2. The SMILES string of the molecule is C#CC1=C[C@@H](N2C[C@@H]3C[C@H]2CN3)CC1.Cl.Cl. The average molecular weight is 261 g/mol. The van der Waals surface area contributed by atoms with Crippen LogP contribution in [0, 0.1) is 12.3 Å². The van der Waals surface area contributed by atoms with Crippen LogP contribution in [-0.4, -0.2) is 36.1 Å². The Bertz CT molecular complexity index is 321. The van der Waals surface area contributed by atoms with Crippen molar-refractivity contribution < 1.29 is 0 Å². The van der Waals surface area contributed by atoms with Gasteiger partial charge in [-0.25, -0.2) is 0 Å². The molecule has 2 aliphatic heterocycles. The first-order valence-electron chi connectivity index (χ1n) is 5.53. The summed E-state index contributed by atoms with van der Waals surface area (Å²) in [4.78, 5) is 2.64. The fourth-order valence-electron chi connectivity index (χ4n) is 3.08. The fourth-order valence-corrected chi connectivity index (χ4v) is 3.08. The number of hydrogen-bond acceptors (Lipinski definition) is 2. The highest BCUT2D eigenvalue weighted by molar-refractivity contribution is 5.85.